The number of nitrogens with one attached hydrogen (secondary N) is 1. The van der Waals surface area contributed by atoms with E-state index in [9.17, 15) is 14.9 Å². The molecule has 2 rings (SSSR count). The van der Waals surface area contributed by atoms with E-state index in [1.807, 2.05) is 39.0 Å². The summed E-state index contributed by atoms with van der Waals surface area (Å²) in [6.07, 6.45) is 1.48. The van der Waals surface area contributed by atoms with Crippen LogP contribution in [0.5, 0.6) is 11.5 Å². The predicted octanol–water partition coefficient (Wildman–Crippen LogP) is 4.79. The quantitative estimate of drug-likeness (QED) is 0.210. The Morgan fingerprint density at radius 1 is 1.09 bits per heavy atom. The van der Waals surface area contributed by atoms with Gasteiger partial charge in [0.05, 0.1) is 16.8 Å². The summed E-state index contributed by atoms with van der Waals surface area (Å²) in [7, 11) is 0. The van der Waals surface area contributed by atoms with E-state index in [0.717, 1.165) is 11.1 Å². The number of carbonyl (C=O) groups is 2. The van der Waals surface area contributed by atoms with Crippen molar-refractivity contribution in [3.05, 3.63) is 56.2 Å². The summed E-state index contributed by atoms with van der Waals surface area (Å²) in [5.74, 6) is -0.187. The predicted molar refractivity (Wildman–Crippen MR) is 131 cm³/mol. The Balaban J connectivity index is 2.29. The van der Waals surface area contributed by atoms with Gasteiger partial charge in [-0.15, -0.1) is 0 Å². The lowest BCUT2D eigenvalue weighted by Crippen LogP contribution is -2.15. The number of esters is 1. The van der Waals surface area contributed by atoms with E-state index in [4.69, 9.17) is 14.2 Å². The van der Waals surface area contributed by atoms with Crippen molar-refractivity contribution in [3.8, 4) is 17.6 Å². The Morgan fingerprint density at radius 3 is 2.47 bits per heavy atom. The maximum Gasteiger partial charge on any atom is 0.344 e. The van der Waals surface area contributed by atoms with Crippen molar-refractivity contribution in [1.29, 1.82) is 5.26 Å². The molecular weight excluding hydrogens is 523 g/mol. The van der Waals surface area contributed by atoms with Crippen LogP contribution in [0, 0.1) is 28.7 Å². The molecule has 0 saturated carbocycles. The molecule has 32 heavy (non-hydrogen) atoms. The summed E-state index contributed by atoms with van der Waals surface area (Å²) >= 11 is 2.05. The van der Waals surface area contributed by atoms with E-state index in [1.54, 1.807) is 25.1 Å². The average Bonchev–Trinajstić information content (AvgIpc) is 2.74. The first-order chi connectivity index (χ1) is 15.3. The third-order valence-corrected chi connectivity index (χ3v) is 5.21. The Bertz CT molecular complexity index is 1070. The molecule has 0 spiro atoms. The Morgan fingerprint density at radius 2 is 1.84 bits per heavy atom. The molecule has 0 atom stereocenters. The number of hydrogen-bond acceptors (Lipinski definition) is 6. The van der Waals surface area contributed by atoms with E-state index >= 15 is 0 Å². The van der Waals surface area contributed by atoms with Crippen LogP contribution in [0.25, 0.3) is 6.08 Å². The fourth-order valence-corrected chi connectivity index (χ4v) is 3.52. The first kappa shape index (κ1) is 25.2. The Hall–Kier alpha value is -3.06. The lowest BCUT2D eigenvalue weighted by molar-refractivity contribution is -0.145. The molecule has 8 heteroatoms. The number of nitrogens with zero attached hydrogens (tertiary/aromatic N) is 1. The number of anilines is 1. The molecule has 2 aromatic rings. The summed E-state index contributed by atoms with van der Waals surface area (Å²) in [4.78, 5) is 24.3. The highest BCUT2D eigenvalue weighted by Crippen LogP contribution is 2.35. The molecule has 1 N–H and O–H groups in total. The topological polar surface area (TPSA) is 97.7 Å². The molecule has 7 nitrogen and oxygen atoms in total. The zero-order valence-electron chi connectivity index (χ0n) is 18.5. The molecule has 2 aromatic carbocycles. The van der Waals surface area contributed by atoms with Gasteiger partial charge in [-0.05, 0) is 97.3 Å². The fourth-order valence-electron chi connectivity index (χ4n) is 2.74. The number of amides is 1. The molecular formula is C24H25IN2O5. The van der Waals surface area contributed by atoms with Gasteiger partial charge in [-0.2, -0.15) is 5.26 Å². The third kappa shape index (κ3) is 6.99. The zero-order valence-corrected chi connectivity index (χ0v) is 20.6. The summed E-state index contributed by atoms with van der Waals surface area (Å²) in [5.41, 5.74) is 3.31. The molecule has 0 fully saturated rings. The normalized spacial score (nSPS) is 10.8. The van der Waals surface area contributed by atoms with Gasteiger partial charge < -0.3 is 19.5 Å². The lowest BCUT2D eigenvalue weighted by atomic mass is 10.1. The SMILES string of the molecule is CCOC(=O)COc1c(I)cc(/C=C(\C#N)C(=O)Nc2ccc(C)c(C)c2)cc1OCC. The third-order valence-electron chi connectivity index (χ3n) is 4.41. The van der Waals surface area contributed by atoms with Crippen LogP contribution in [0.2, 0.25) is 0 Å². The van der Waals surface area contributed by atoms with Crippen molar-refractivity contribution in [3.63, 3.8) is 0 Å². The zero-order chi connectivity index (χ0) is 23.7. The molecule has 0 aromatic heterocycles. The Kier molecular flexibility index (Phi) is 9.53. The average molecular weight is 548 g/mol. The fraction of sp³-hybridized carbons (Fsp3) is 0.292. The second-order valence-electron chi connectivity index (χ2n) is 6.78. The molecule has 0 saturated heterocycles. The highest BCUT2D eigenvalue weighted by molar-refractivity contribution is 14.1. The molecule has 1 amide bonds. The summed E-state index contributed by atoms with van der Waals surface area (Å²) in [5, 5.41) is 12.3. The minimum absolute atomic E-state index is 0.0540. The number of hydrogen-bond donors (Lipinski definition) is 1. The second kappa shape index (κ2) is 12.1. The monoisotopic (exact) mass is 548 g/mol. The number of ether oxygens (including phenoxy) is 3. The lowest BCUT2D eigenvalue weighted by Gasteiger charge is -2.14. The van der Waals surface area contributed by atoms with Crippen LogP contribution in [-0.4, -0.2) is 31.7 Å². The van der Waals surface area contributed by atoms with E-state index < -0.39 is 11.9 Å². The molecule has 0 aliphatic rings. The molecule has 168 valence electrons. The number of rotatable bonds is 9. The van der Waals surface area contributed by atoms with Gasteiger partial charge in [0.1, 0.15) is 11.6 Å². The summed E-state index contributed by atoms with van der Waals surface area (Å²) in [6.45, 7) is 7.87. The van der Waals surface area contributed by atoms with Gasteiger partial charge in [0.2, 0.25) is 0 Å². The van der Waals surface area contributed by atoms with Gasteiger partial charge in [-0.25, -0.2) is 4.79 Å². The van der Waals surface area contributed by atoms with Crippen LogP contribution in [0.1, 0.15) is 30.5 Å². The maximum absolute atomic E-state index is 12.6. The van der Waals surface area contributed by atoms with Crippen molar-refractivity contribution in [2.24, 2.45) is 0 Å². The van der Waals surface area contributed by atoms with Crippen molar-refractivity contribution in [2.45, 2.75) is 27.7 Å². The minimum atomic E-state index is -0.508. The Labute approximate surface area is 201 Å². The number of aryl methyl sites for hydroxylation is 2. The van der Waals surface area contributed by atoms with Crippen molar-refractivity contribution in [2.75, 3.05) is 25.1 Å². The highest BCUT2D eigenvalue weighted by Gasteiger charge is 2.16. The smallest absolute Gasteiger partial charge is 0.344 e. The van der Waals surface area contributed by atoms with Crippen molar-refractivity contribution in [1.82, 2.24) is 0 Å². The summed E-state index contributed by atoms with van der Waals surface area (Å²) in [6, 6.07) is 10.9. The van der Waals surface area contributed by atoms with Crippen molar-refractivity contribution < 1.29 is 23.8 Å². The standard InChI is InChI=1S/C24H25IN2O5/c1-5-30-21-12-17(11-20(25)23(21)32-14-22(28)31-6-2)10-18(13-26)24(29)27-19-8-7-15(3)16(4)9-19/h7-12H,5-6,14H2,1-4H3,(H,27,29)/b18-10+. The number of benzene rings is 2. The number of halogens is 1. The summed E-state index contributed by atoms with van der Waals surface area (Å²) < 4.78 is 16.8. The minimum Gasteiger partial charge on any atom is -0.490 e. The van der Waals surface area contributed by atoms with Crippen molar-refractivity contribution >= 4 is 46.2 Å². The van der Waals surface area contributed by atoms with E-state index in [1.165, 1.54) is 6.08 Å². The first-order valence-electron chi connectivity index (χ1n) is 10.0. The number of carbonyl (C=O) groups excluding carboxylic acids is 2. The largest absolute Gasteiger partial charge is 0.490 e. The molecule has 0 aliphatic heterocycles. The molecule has 0 radical (unpaired) electrons. The van der Waals surface area contributed by atoms with E-state index in [2.05, 4.69) is 27.9 Å². The van der Waals surface area contributed by atoms with E-state index in [-0.39, 0.29) is 18.8 Å². The second-order valence-corrected chi connectivity index (χ2v) is 7.94. The molecule has 0 bridgehead atoms. The first-order valence-corrected chi connectivity index (χ1v) is 11.1. The van der Waals surface area contributed by atoms with Crippen LogP contribution in [-0.2, 0) is 14.3 Å². The van der Waals surface area contributed by atoms with Gasteiger partial charge in [0.15, 0.2) is 18.1 Å². The van der Waals surface area contributed by atoms with Crippen LogP contribution < -0.4 is 14.8 Å². The number of nitriles is 1. The van der Waals surface area contributed by atoms with E-state index in [0.29, 0.717) is 32.9 Å². The van der Waals surface area contributed by atoms with Gasteiger partial charge in [-0.3, -0.25) is 4.79 Å². The molecule has 0 unspecified atom stereocenters. The molecule has 0 aliphatic carbocycles. The highest BCUT2D eigenvalue weighted by atomic mass is 127. The van der Waals surface area contributed by atoms with Crippen LogP contribution >= 0.6 is 22.6 Å². The van der Waals surface area contributed by atoms with Gasteiger partial charge >= 0.3 is 5.97 Å². The maximum atomic E-state index is 12.6. The van der Waals surface area contributed by atoms with Crippen LogP contribution in [0.4, 0.5) is 5.69 Å². The van der Waals surface area contributed by atoms with Gasteiger partial charge in [0.25, 0.3) is 5.91 Å². The van der Waals surface area contributed by atoms with Crippen LogP contribution in [0.3, 0.4) is 0 Å². The molecule has 0 heterocycles. The van der Waals surface area contributed by atoms with Gasteiger partial charge in [0, 0.05) is 5.69 Å². The van der Waals surface area contributed by atoms with Gasteiger partial charge in [-0.1, -0.05) is 6.07 Å². The van der Waals surface area contributed by atoms with Crippen LogP contribution in [0.15, 0.2) is 35.9 Å².